The van der Waals surface area contributed by atoms with E-state index in [0.717, 1.165) is 12.3 Å². The number of nitrogens with zero attached hydrogens (tertiary/aromatic N) is 1. The van der Waals surface area contributed by atoms with E-state index in [4.69, 9.17) is 10.2 Å². The maximum absolute atomic E-state index is 5.91. The summed E-state index contributed by atoms with van der Waals surface area (Å²) in [5.41, 5.74) is 7.18. The van der Waals surface area contributed by atoms with Gasteiger partial charge in [0.15, 0.2) is 0 Å². The third kappa shape index (κ3) is 2.47. The Kier molecular flexibility index (Phi) is 4.16. The molecule has 1 rings (SSSR count). The molecule has 3 heteroatoms. The molecule has 3 nitrogen and oxygen atoms in total. The SMILES string of the molecule is Cc1occc1CN(C)C(C)(CN)C(C)C. The molecular formula is C13H24N2O. The molecule has 0 fully saturated rings. The Balaban J connectivity index is 2.78. The van der Waals surface area contributed by atoms with Crippen LogP contribution >= 0.6 is 0 Å². The van der Waals surface area contributed by atoms with Crippen LogP contribution in [0.5, 0.6) is 0 Å². The van der Waals surface area contributed by atoms with E-state index in [0.29, 0.717) is 12.5 Å². The van der Waals surface area contributed by atoms with E-state index in [1.165, 1.54) is 5.56 Å². The van der Waals surface area contributed by atoms with Gasteiger partial charge >= 0.3 is 0 Å². The van der Waals surface area contributed by atoms with Crippen LogP contribution in [0.25, 0.3) is 0 Å². The molecule has 1 aromatic rings. The van der Waals surface area contributed by atoms with Crippen LogP contribution in [0.4, 0.5) is 0 Å². The molecule has 1 unspecified atom stereocenters. The Labute approximate surface area is 98.6 Å². The monoisotopic (exact) mass is 224 g/mol. The quantitative estimate of drug-likeness (QED) is 0.835. The highest BCUT2D eigenvalue weighted by molar-refractivity contribution is 5.15. The molecule has 0 amide bonds. The van der Waals surface area contributed by atoms with Gasteiger partial charge in [-0.25, -0.2) is 0 Å². The highest BCUT2D eigenvalue weighted by Gasteiger charge is 2.31. The van der Waals surface area contributed by atoms with Crippen molar-refractivity contribution in [3.8, 4) is 0 Å². The van der Waals surface area contributed by atoms with Crippen molar-refractivity contribution in [2.24, 2.45) is 11.7 Å². The van der Waals surface area contributed by atoms with Crippen molar-refractivity contribution >= 4 is 0 Å². The Hall–Kier alpha value is -0.800. The smallest absolute Gasteiger partial charge is 0.105 e. The van der Waals surface area contributed by atoms with Gasteiger partial charge in [-0.1, -0.05) is 13.8 Å². The first-order valence-corrected chi connectivity index (χ1v) is 5.86. The first-order valence-electron chi connectivity index (χ1n) is 5.86. The van der Waals surface area contributed by atoms with E-state index in [-0.39, 0.29) is 5.54 Å². The van der Waals surface area contributed by atoms with Crippen LogP contribution in [-0.4, -0.2) is 24.0 Å². The van der Waals surface area contributed by atoms with Crippen LogP contribution in [0.2, 0.25) is 0 Å². The number of hydrogen-bond acceptors (Lipinski definition) is 3. The number of aryl methyl sites for hydroxylation is 1. The summed E-state index contributed by atoms with van der Waals surface area (Å²) in [5.74, 6) is 1.52. The molecule has 1 aromatic heterocycles. The van der Waals surface area contributed by atoms with Crippen LogP contribution in [0.3, 0.4) is 0 Å². The maximum atomic E-state index is 5.91. The summed E-state index contributed by atoms with van der Waals surface area (Å²) in [5, 5.41) is 0. The molecule has 0 aliphatic heterocycles. The van der Waals surface area contributed by atoms with Crippen LogP contribution in [0.1, 0.15) is 32.1 Å². The number of hydrogen-bond donors (Lipinski definition) is 1. The Morgan fingerprint density at radius 2 is 2.12 bits per heavy atom. The van der Waals surface area contributed by atoms with E-state index in [1.54, 1.807) is 6.26 Å². The zero-order chi connectivity index (χ0) is 12.3. The molecule has 1 heterocycles. The molecule has 0 aromatic carbocycles. The van der Waals surface area contributed by atoms with Gasteiger partial charge in [0.25, 0.3) is 0 Å². The Morgan fingerprint density at radius 3 is 2.50 bits per heavy atom. The molecule has 0 saturated heterocycles. The Morgan fingerprint density at radius 1 is 1.50 bits per heavy atom. The van der Waals surface area contributed by atoms with Gasteiger partial charge in [-0.3, -0.25) is 4.90 Å². The molecule has 0 bridgehead atoms. The fourth-order valence-corrected chi connectivity index (χ4v) is 1.84. The highest BCUT2D eigenvalue weighted by Crippen LogP contribution is 2.24. The zero-order valence-corrected chi connectivity index (χ0v) is 11.1. The van der Waals surface area contributed by atoms with E-state index in [9.17, 15) is 0 Å². The average Bonchev–Trinajstić information content (AvgIpc) is 2.62. The minimum Gasteiger partial charge on any atom is -0.469 e. The molecule has 0 saturated carbocycles. The van der Waals surface area contributed by atoms with E-state index in [1.807, 2.05) is 13.0 Å². The van der Waals surface area contributed by atoms with Crippen LogP contribution in [-0.2, 0) is 6.54 Å². The largest absolute Gasteiger partial charge is 0.469 e. The topological polar surface area (TPSA) is 42.4 Å². The van der Waals surface area contributed by atoms with Gasteiger partial charge in [0, 0.05) is 24.2 Å². The van der Waals surface area contributed by atoms with Gasteiger partial charge in [0.05, 0.1) is 6.26 Å². The molecule has 0 spiro atoms. The Bertz CT molecular complexity index is 332. The second-order valence-electron chi connectivity index (χ2n) is 5.07. The summed E-state index contributed by atoms with van der Waals surface area (Å²) < 4.78 is 5.31. The minimum atomic E-state index is 0.0315. The van der Waals surface area contributed by atoms with Gasteiger partial charge in [-0.15, -0.1) is 0 Å². The number of rotatable bonds is 5. The van der Waals surface area contributed by atoms with Crippen LogP contribution in [0, 0.1) is 12.8 Å². The molecule has 0 radical (unpaired) electrons. The molecule has 92 valence electrons. The highest BCUT2D eigenvalue weighted by atomic mass is 16.3. The molecular weight excluding hydrogens is 200 g/mol. The normalized spacial score (nSPS) is 15.8. The third-order valence-corrected chi connectivity index (χ3v) is 3.90. The summed E-state index contributed by atoms with van der Waals surface area (Å²) in [6.45, 7) is 10.2. The number of likely N-dealkylation sites (N-methyl/N-ethyl adjacent to an activating group) is 1. The van der Waals surface area contributed by atoms with E-state index in [2.05, 4.69) is 32.7 Å². The molecule has 0 aliphatic carbocycles. The summed E-state index contributed by atoms with van der Waals surface area (Å²) in [6.07, 6.45) is 1.74. The summed E-state index contributed by atoms with van der Waals surface area (Å²) >= 11 is 0. The molecule has 2 N–H and O–H groups in total. The second-order valence-corrected chi connectivity index (χ2v) is 5.07. The fourth-order valence-electron chi connectivity index (χ4n) is 1.84. The summed E-state index contributed by atoms with van der Waals surface area (Å²) in [6, 6.07) is 2.03. The lowest BCUT2D eigenvalue weighted by atomic mass is 9.86. The van der Waals surface area contributed by atoms with E-state index < -0.39 is 0 Å². The molecule has 16 heavy (non-hydrogen) atoms. The third-order valence-electron chi connectivity index (χ3n) is 3.90. The van der Waals surface area contributed by atoms with Gasteiger partial charge in [-0.05, 0) is 32.9 Å². The fraction of sp³-hybridized carbons (Fsp3) is 0.692. The lowest BCUT2D eigenvalue weighted by Gasteiger charge is -2.41. The van der Waals surface area contributed by atoms with Crippen molar-refractivity contribution in [1.82, 2.24) is 4.90 Å². The minimum absolute atomic E-state index is 0.0315. The van der Waals surface area contributed by atoms with Crippen LogP contribution in [0.15, 0.2) is 16.7 Å². The summed E-state index contributed by atoms with van der Waals surface area (Å²) in [7, 11) is 2.12. The lowest BCUT2D eigenvalue weighted by Crippen LogP contribution is -2.53. The van der Waals surface area contributed by atoms with Crippen molar-refractivity contribution in [2.45, 2.75) is 39.8 Å². The standard InChI is InChI=1S/C13H24N2O/c1-10(2)13(4,9-14)15(5)8-12-6-7-16-11(12)3/h6-7,10H,8-9,14H2,1-5H3. The summed E-state index contributed by atoms with van der Waals surface area (Å²) in [4.78, 5) is 2.32. The van der Waals surface area contributed by atoms with Crippen molar-refractivity contribution < 1.29 is 4.42 Å². The first-order chi connectivity index (χ1) is 7.41. The maximum Gasteiger partial charge on any atom is 0.105 e. The van der Waals surface area contributed by atoms with Crippen molar-refractivity contribution in [3.05, 3.63) is 23.7 Å². The van der Waals surface area contributed by atoms with Gasteiger partial charge in [-0.2, -0.15) is 0 Å². The zero-order valence-electron chi connectivity index (χ0n) is 11.1. The predicted octanol–water partition coefficient (Wildman–Crippen LogP) is 2.39. The van der Waals surface area contributed by atoms with Crippen molar-refractivity contribution in [3.63, 3.8) is 0 Å². The van der Waals surface area contributed by atoms with E-state index >= 15 is 0 Å². The van der Waals surface area contributed by atoms with Crippen LogP contribution < -0.4 is 5.73 Å². The van der Waals surface area contributed by atoms with Gasteiger partial charge in [0.2, 0.25) is 0 Å². The number of furan rings is 1. The second kappa shape index (κ2) is 5.02. The predicted molar refractivity (Wildman–Crippen MR) is 67.2 cm³/mol. The van der Waals surface area contributed by atoms with Crippen molar-refractivity contribution in [1.29, 1.82) is 0 Å². The molecule has 0 aliphatic rings. The number of nitrogens with two attached hydrogens (primary N) is 1. The lowest BCUT2D eigenvalue weighted by molar-refractivity contribution is 0.0873. The van der Waals surface area contributed by atoms with Gasteiger partial charge < -0.3 is 10.2 Å². The average molecular weight is 224 g/mol. The van der Waals surface area contributed by atoms with Gasteiger partial charge in [0.1, 0.15) is 5.76 Å². The first kappa shape index (κ1) is 13.3. The molecule has 1 atom stereocenters. The van der Waals surface area contributed by atoms with Crippen molar-refractivity contribution in [2.75, 3.05) is 13.6 Å².